The molecule has 10 heteroatoms. The van der Waals surface area contributed by atoms with E-state index in [0.717, 1.165) is 4.68 Å². The van der Waals surface area contributed by atoms with E-state index >= 15 is 0 Å². The van der Waals surface area contributed by atoms with Crippen molar-refractivity contribution in [1.82, 2.24) is 9.78 Å². The van der Waals surface area contributed by atoms with Crippen molar-refractivity contribution >= 4 is 27.6 Å². The van der Waals surface area contributed by atoms with Crippen LogP contribution in [-0.2, 0) is 16.6 Å². The molecular formula is C18H12ClN4O4S-. The number of benzene rings is 2. The molecule has 28 heavy (non-hydrogen) atoms. The Bertz CT molecular complexity index is 1190. The van der Waals surface area contributed by atoms with Gasteiger partial charge in [-0.15, -0.1) is 0 Å². The highest BCUT2D eigenvalue weighted by Crippen LogP contribution is 2.35. The molecule has 0 bridgehead atoms. The number of nitrogens with two attached hydrogens (primary N) is 1. The van der Waals surface area contributed by atoms with E-state index in [1.54, 1.807) is 24.3 Å². The summed E-state index contributed by atoms with van der Waals surface area (Å²) in [5, 5.41) is 30.6. The number of carboxylic acids is 1. The van der Waals surface area contributed by atoms with Crippen LogP contribution in [0.1, 0.15) is 10.5 Å². The Hall–Kier alpha value is -3.19. The Labute approximate surface area is 165 Å². The molecule has 0 amide bonds. The molecular weight excluding hydrogens is 404 g/mol. The van der Waals surface area contributed by atoms with Gasteiger partial charge in [0.2, 0.25) is 10.0 Å². The summed E-state index contributed by atoms with van der Waals surface area (Å²) in [5.41, 5.74) is 1.15. The third kappa shape index (κ3) is 3.75. The zero-order valence-corrected chi connectivity index (χ0v) is 15.7. The summed E-state index contributed by atoms with van der Waals surface area (Å²) in [7, 11) is -3.88. The van der Waals surface area contributed by atoms with E-state index in [-0.39, 0.29) is 28.4 Å². The number of carboxylic acid groups (broad SMARTS) is 1. The van der Waals surface area contributed by atoms with Gasteiger partial charge >= 0.3 is 0 Å². The number of nitriles is 1. The second kappa shape index (κ2) is 7.44. The van der Waals surface area contributed by atoms with E-state index in [9.17, 15) is 18.3 Å². The molecule has 0 fully saturated rings. The van der Waals surface area contributed by atoms with E-state index in [2.05, 4.69) is 5.10 Å². The monoisotopic (exact) mass is 415 g/mol. The highest BCUT2D eigenvalue weighted by Gasteiger charge is 2.22. The molecule has 0 saturated carbocycles. The van der Waals surface area contributed by atoms with Crippen LogP contribution in [0.2, 0.25) is 5.02 Å². The zero-order chi connectivity index (χ0) is 20.5. The summed E-state index contributed by atoms with van der Waals surface area (Å²) in [6.07, 6.45) is 0. The predicted octanol–water partition coefficient (Wildman–Crippen LogP) is 1.40. The number of hydrogen-bond acceptors (Lipinski definition) is 6. The maximum absolute atomic E-state index is 11.8. The summed E-state index contributed by atoms with van der Waals surface area (Å²) in [6.45, 7) is -0.306. The molecule has 2 aromatic carbocycles. The number of carbonyl (C=O) groups excluding carboxylic acids is 1. The van der Waals surface area contributed by atoms with Crippen molar-refractivity contribution in [2.75, 3.05) is 0 Å². The summed E-state index contributed by atoms with van der Waals surface area (Å²) >= 11 is 5.91. The molecule has 3 aromatic rings. The highest BCUT2D eigenvalue weighted by molar-refractivity contribution is 7.89. The van der Waals surface area contributed by atoms with Gasteiger partial charge in [-0.3, -0.25) is 0 Å². The van der Waals surface area contributed by atoms with Gasteiger partial charge in [0.1, 0.15) is 12.2 Å². The number of hydrogen-bond donors (Lipinski definition) is 1. The minimum Gasteiger partial charge on any atom is -0.543 e. The lowest BCUT2D eigenvalue weighted by Crippen LogP contribution is -2.26. The number of aromatic nitrogens is 2. The minimum atomic E-state index is -3.88. The maximum Gasteiger partial charge on any atom is 0.238 e. The molecule has 0 spiro atoms. The fourth-order valence-corrected chi connectivity index (χ4v) is 3.39. The van der Waals surface area contributed by atoms with Crippen molar-refractivity contribution < 1.29 is 18.3 Å². The number of nitrogens with zero attached hydrogens (tertiary/aromatic N) is 3. The molecule has 8 nitrogen and oxygen atoms in total. The molecule has 0 unspecified atom stereocenters. The first-order valence-corrected chi connectivity index (χ1v) is 9.73. The van der Waals surface area contributed by atoms with Gasteiger partial charge in [0.15, 0.2) is 0 Å². The number of sulfonamides is 1. The quantitative estimate of drug-likeness (QED) is 0.667. The molecule has 3 rings (SSSR count). The van der Waals surface area contributed by atoms with E-state index in [4.69, 9.17) is 22.0 Å². The first kappa shape index (κ1) is 19.6. The maximum atomic E-state index is 11.8. The van der Waals surface area contributed by atoms with Crippen LogP contribution < -0.4 is 10.2 Å². The molecule has 0 atom stereocenters. The van der Waals surface area contributed by atoms with Gasteiger partial charge in [0, 0.05) is 16.1 Å². The second-order valence-corrected chi connectivity index (χ2v) is 7.75. The molecule has 0 aliphatic heterocycles. The number of rotatable bonds is 5. The van der Waals surface area contributed by atoms with Crippen LogP contribution in [-0.4, -0.2) is 24.2 Å². The van der Waals surface area contributed by atoms with Crippen LogP contribution in [0.25, 0.3) is 22.4 Å². The number of halogens is 1. The number of carbonyl (C=O) groups is 1. The van der Waals surface area contributed by atoms with Crippen molar-refractivity contribution in [3.63, 3.8) is 0 Å². The van der Waals surface area contributed by atoms with Crippen molar-refractivity contribution in [2.24, 2.45) is 5.14 Å². The largest absolute Gasteiger partial charge is 0.543 e. The summed E-state index contributed by atoms with van der Waals surface area (Å²) in [5.74, 6) is -1.50. The lowest BCUT2D eigenvalue weighted by Gasteiger charge is -2.09. The lowest BCUT2D eigenvalue weighted by molar-refractivity contribution is -0.255. The van der Waals surface area contributed by atoms with Crippen LogP contribution in [0.15, 0.2) is 53.4 Å². The SMILES string of the molecule is N#CCn1nc(-c2ccc(S(N)(=O)=O)cc2)c(-c2ccc(Cl)cc2)c1C(=O)[O-]. The molecule has 1 heterocycles. The number of primary sulfonamides is 1. The fourth-order valence-electron chi connectivity index (χ4n) is 2.75. The first-order chi connectivity index (χ1) is 13.2. The smallest absolute Gasteiger partial charge is 0.238 e. The molecule has 0 radical (unpaired) electrons. The van der Waals surface area contributed by atoms with Gasteiger partial charge in [-0.1, -0.05) is 35.9 Å². The molecule has 0 saturated heterocycles. The lowest BCUT2D eigenvalue weighted by atomic mass is 9.99. The van der Waals surface area contributed by atoms with Crippen molar-refractivity contribution in [3.05, 3.63) is 59.2 Å². The third-order valence-electron chi connectivity index (χ3n) is 3.96. The molecule has 1 aromatic heterocycles. The molecule has 142 valence electrons. The van der Waals surface area contributed by atoms with Crippen LogP contribution >= 0.6 is 11.6 Å². The average molecular weight is 416 g/mol. The first-order valence-electron chi connectivity index (χ1n) is 7.80. The van der Waals surface area contributed by atoms with Gasteiger partial charge < -0.3 is 9.90 Å². The van der Waals surface area contributed by atoms with Crippen molar-refractivity contribution in [3.8, 4) is 28.5 Å². The fraction of sp³-hybridized carbons (Fsp3) is 0.0556. The summed E-state index contributed by atoms with van der Waals surface area (Å²) in [6, 6.07) is 13.8. The second-order valence-electron chi connectivity index (χ2n) is 5.75. The number of aromatic carboxylic acids is 1. The van der Waals surface area contributed by atoms with E-state index in [1.165, 1.54) is 24.3 Å². The highest BCUT2D eigenvalue weighted by atomic mass is 35.5. The van der Waals surface area contributed by atoms with Gasteiger partial charge in [0.05, 0.1) is 22.6 Å². The molecule has 0 aliphatic rings. The van der Waals surface area contributed by atoms with Gasteiger partial charge in [0.25, 0.3) is 0 Å². The van der Waals surface area contributed by atoms with Gasteiger partial charge in [-0.25, -0.2) is 18.2 Å². The van der Waals surface area contributed by atoms with Crippen LogP contribution in [0.5, 0.6) is 0 Å². The zero-order valence-electron chi connectivity index (χ0n) is 14.2. The van der Waals surface area contributed by atoms with Crippen molar-refractivity contribution in [2.45, 2.75) is 11.4 Å². The topological polar surface area (TPSA) is 142 Å². The predicted molar refractivity (Wildman–Crippen MR) is 99.4 cm³/mol. The van der Waals surface area contributed by atoms with E-state index in [0.29, 0.717) is 16.1 Å². The van der Waals surface area contributed by atoms with Crippen LogP contribution in [0.3, 0.4) is 0 Å². The third-order valence-corrected chi connectivity index (χ3v) is 5.14. The Kier molecular flexibility index (Phi) is 5.20. The van der Waals surface area contributed by atoms with Crippen molar-refractivity contribution in [1.29, 1.82) is 5.26 Å². The Morgan fingerprint density at radius 3 is 2.21 bits per heavy atom. The Morgan fingerprint density at radius 1 is 1.14 bits per heavy atom. The standard InChI is InChI=1S/C18H13ClN4O4S/c19-13-5-1-11(2-6-13)15-16(22-23(10-9-20)17(15)18(24)25)12-3-7-14(8-4-12)28(21,26)27/h1-8H,10H2,(H,24,25)(H2,21,26,27)/p-1. The normalized spacial score (nSPS) is 11.2. The summed E-state index contributed by atoms with van der Waals surface area (Å²) < 4.78 is 23.9. The molecule has 2 N–H and O–H groups in total. The van der Waals surface area contributed by atoms with Crippen LogP contribution in [0, 0.1) is 11.3 Å². The Morgan fingerprint density at radius 2 is 1.71 bits per heavy atom. The van der Waals surface area contributed by atoms with E-state index in [1.807, 2.05) is 6.07 Å². The minimum absolute atomic E-state index is 0.0964. The summed E-state index contributed by atoms with van der Waals surface area (Å²) in [4.78, 5) is 11.7. The van der Waals surface area contributed by atoms with Gasteiger partial charge in [-0.2, -0.15) is 10.4 Å². The Balaban J connectivity index is 2.28. The molecule has 0 aliphatic carbocycles. The average Bonchev–Trinajstić information content (AvgIpc) is 3.01. The van der Waals surface area contributed by atoms with Crippen LogP contribution in [0.4, 0.5) is 0 Å². The van der Waals surface area contributed by atoms with Gasteiger partial charge in [-0.05, 0) is 29.8 Å². The van der Waals surface area contributed by atoms with E-state index < -0.39 is 16.0 Å².